The van der Waals surface area contributed by atoms with Gasteiger partial charge in [0.05, 0.1) is 5.69 Å². The molecule has 1 aromatic carbocycles. The minimum Gasteiger partial charge on any atom is -0.348 e. The molecule has 4 rings (SSSR count). The number of aromatic nitrogens is 2. The van der Waals surface area contributed by atoms with Crippen LogP contribution in [0.15, 0.2) is 53.1 Å². The summed E-state index contributed by atoms with van der Waals surface area (Å²) in [6.07, 6.45) is 3.84. The molecule has 1 saturated heterocycles. The van der Waals surface area contributed by atoms with E-state index in [1.165, 1.54) is 5.56 Å². The van der Waals surface area contributed by atoms with E-state index in [4.69, 9.17) is 0 Å². The Balaban J connectivity index is 1.39. The smallest absolute Gasteiger partial charge is 0.270 e. The van der Waals surface area contributed by atoms with E-state index in [1.807, 2.05) is 35.7 Å². The molecule has 1 aliphatic rings. The van der Waals surface area contributed by atoms with Crippen molar-refractivity contribution < 1.29 is 4.79 Å². The highest BCUT2D eigenvalue weighted by atomic mass is 79.9. The monoisotopic (exact) mass is 426 g/mol. The van der Waals surface area contributed by atoms with Crippen LogP contribution in [0.4, 0.5) is 0 Å². The number of pyridine rings is 1. The van der Waals surface area contributed by atoms with Gasteiger partial charge in [0.1, 0.15) is 11.3 Å². The lowest BCUT2D eigenvalue weighted by molar-refractivity contribution is 0.0902. The summed E-state index contributed by atoms with van der Waals surface area (Å²) in [7, 11) is 0. The number of hydrogen-bond acceptors (Lipinski definition) is 3. The van der Waals surface area contributed by atoms with E-state index >= 15 is 0 Å². The molecule has 1 N–H and O–H groups in total. The van der Waals surface area contributed by atoms with Gasteiger partial charge in [0.25, 0.3) is 5.91 Å². The van der Waals surface area contributed by atoms with Crippen LogP contribution in [-0.4, -0.2) is 39.3 Å². The third-order valence-electron chi connectivity index (χ3n) is 5.14. The Morgan fingerprint density at radius 1 is 1.19 bits per heavy atom. The maximum atomic E-state index is 12.9. The maximum absolute atomic E-state index is 12.9. The number of fused-ring (bicyclic) bond motifs is 1. The van der Waals surface area contributed by atoms with Gasteiger partial charge >= 0.3 is 0 Å². The summed E-state index contributed by atoms with van der Waals surface area (Å²) in [5.74, 6) is -0.0420. The van der Waals surface area contributed by atoms with Gasteiger partial charge in [0.2, 0.25) is 0 Å². The third kappa shape index (κ3) is 4.06. The summed E-state index contributed by atoms with van der Waals surface area (Å²) in [5.41, 5.74) is 3.51. The van der Waals surface area contributed by atoms with E-state index in [9.17, 15) is 4.79 Å². The zero-order valence-corrected chi connectivity index (χ0v) is 16.9. The van der Waals surface area contributed by atoms with E-state index in [2.05, 4.69) is 55.4 Å². The van der Waals surface area contributed by atoms with Crippen LogP contribution in [0, 0.1) is 6.92 Å². The molecule has 5 nitrogen and oxygen atoms in total. The highest BCUT2D eigenvalue weighted by Crippen LogP contribution is 2.18. The number of likely N-dealkylation sites (tertiary alicyclic amines) is 1. The molecule has 2 aromatic heterocycles. The summed E-state index contributed by atoms with van der Waals surface area (Å²) in [4.78, 5) is 19.8. The summed E-state index contributed by atoms with van der Waals surface area (Å²) in [6.45, 7) is 4.86. The van der Waals surface area contributed by atoms with Crippen molar-refractivity contribution in [3.05, 3.63) is 70.1 Å². The predicted molar refractivity (Wildman–Crippen MR) is 110 cm³/mol. The van der Waals surface area contributed by atoms with Gasteiger partial charge in [-0.15, -0.1) is 0 Å². The molecule has 27 heavy (non-hydrogen) atoms. The molecular formula is C21H23BrN4O. The molecule has 0 unspecified atom stereocenters. The van der Waals surface area contributed by atoms with Crippen LogP contribution in [0.2, 0.25) is 0 Å². The number of rotatable bonds is 4. The second kappa shape index (κ2) is 7.82. The zero-order valence-electron chi connectivity index (χ0n) is 15.4. The number of piperidine rings is 1. The lowest BCUT2D eigenvalue weighted by Crippen LogP contribution is -2.44. The molecule has 3 heterocycles. The number of nitrogens with one attached hydrogen (secondary N) is 1. The Bertz CT molecular complexity index is 945. The van der Waals surface area contributed by atoms with E-state index in [-0.39, 0.29) is 11.9 Å². The zero-order chi connectivity index (χ0) is 18.8. The van der Waals surface area contributed by atoms with Gasteiger partial charge in [0.15, 0.2) is 0 Å². The number of nitrogens with zero attached hydrogens (tertiary/aromatic N) is 3. The minimum atomic E-state index is -0.0420. The van der Waals surface area contributed by atoms with Crippen LogP contribution in [-0.2, 0) is 6.54 Å². The van der Waals surface area contributed by atoms with E-state index in [0.29, 0.717) is 5.69 Å². The molecule has 140 valence electrons. The molecule has 0 aliphatic carbocycles. The van der Waals surface area contributed by atoms with Gasteiger partial charge in [-0.05, 0) is 53.4 Å². The van der Waals surface area contributed by atoms with Crippen molar-refractivity contribution >= 4 is 27.5 Å². The van der Waals surface area contributed by atoms with Gasteiger partial charge in [-0.3, -0.25) is 14.1 Å². The number of halogens is 1. The van der Waals surface area contributed by atoms with Gasteiger partial charge in [-0.1, -0.05) is 30.3 Å². The summed E-state index contributed by atoms with van der Waals surface area (Å²) in [5, 5.41) is 3.22. The fourth-order valence-corrected chi connectivity index (χ4v) is 4.08. The van der Waals surface area contributed by atoms with Crippen molar-refractivity contribution in [2.75, 3.05) is 13.1 Å². The van der Waals surface area contributed by atoms with E-state index in [0.717, 1.165) is 48.3 Å². The average Bonchev–Trinajstić information content (AvgIpc) is 2.99. The summed E-state index contributed by atoms with van der Waals surface area (Å²) in [6, 6.07) is 14.6. The Kier molecular flexibility index (Phi) is 5.27. The predicted octanol–water partition coefficient (Wildman–Crippen LogP) is 3.80. The van der Waals surface area contributed by atoms with Crippen LogP contribution in [0.5, 0.6) is 0 Å². The Morgan fingerprint density at radius 2 is 1.93 bits per heavy atom. The van der Waals surface area contributed by atoms with Gasteiger partial charge in [-0.25, -0.2) is 4.98 Å². The quantitative estimate of drug-likeness (QED) is 0.689. The van der Waals surface area contributed by atoms with Gasteiger partial charge in [0, 0.05) is 36.3 Å². The van der Waals surface area contributed by atoms with Gasteiger partial charge in [-0.2, -0.15) is 0 Å². The summed E-state index contributed by atoms with van der Waals surface area (Å²) >= 11 is 3.47. The molecule has 0 radical (unpaired) electrons. The first-order chi connectivity index (χ1) is 13.1. The van der Waals surface area contributed by atoms with Crippen molar-refractivity contribution in [3.8, 4) is 0 Å². The Labute approximate surface area is 167 Å². The molecule has 6 heteroatoms. The molecule has 1 amide bonds. The molecule has 0 atom stereocenters. The van der Waals surface area contributed by atoms with E-state index < -0.39 is 0 Å². The molecule has 0 spiro atoms. The highest BCUT2D eigenvalue weighted by Gasteiger charge is 2.24. The lowest BCUT2D eigenvalue weighted by atomic mass is 10.0. The van der Waals surface area contributed by atoms with Crippen LogP contribution in [0.25, 0.3) is 5.65 Å². The molecule has 0 saturated carbocycles. The topological polar surface area (TPSA) is 49.6 Å². The van der Waals surface area contributed by atoms with Crippen molar-refractivity contribution in [1.29, 1.82) is 0 Å². The molecule has 1 fully saturated rings. The molecule has 1 aliphatic heterocycles. The average molecular weight is 427 g/mol. The first-order valence-corrected chi connectivity index (χ1v) is 10.1. The number of amides is 1. The first-order valence-electron chi connectivity index (χ1n) is 9.31. The van der Waals surface area contributed by atoms with Crippen molar-refractivity contribution in [1.82, 2.24) is 19.6 Å². The number of carbonyl (C=O) groups is 1. The third-order valence-corrected chi connectivity index (χ3v) is 5.61. The van der Waals surface area contributed by atoms with Crippen molar-refractivity contribution in [2.45, 2.75) is 32.4 Å². The van der Waals surface area contributed by atoms with Crippen LogP contribution < -0.4 is 5.32 Å². The fraction of sp³-hybridized carbons (Fsp3) is 0.333. The molecular weight excluding hydrogens is 404 g/mol. The van der Waals surface area contributed by atoms with Gasteiger partial charge < -0.3 is 5.32 Å². The van der Waals surface area contributed by atoms with E-state index in [1.54, 1.807) is 0 Å². The maximum Gasteiger partial charge on any atom is 0.270 e. The standard InChI is InChI=1S/C21H23BrN4O/c1-15-20(26-14-17(22)7-8-19(26)23-15)21(27)24-18-9-11-25(12-10-18)13-16-5-3-2-4-6-16/h2-8,14,18H,9-13H2,1H3,(H,24,27). The SMILES string of the molecule is Cc1nc2ccc(Br)cn2c1C(=O)NC1CCN(Cc2ccccc2)CC1. The number of carbonyl (C=O) groups excluding carboxylic acids is 1. The normalized spacial score (nSPS) is 15.9. The second-order valence-corrected chi connectivity index (χ2v) is 8.05. The number of hydrogen-bond donors (Lipinski definition) is 1. The van der Waals surface area contributed by atoms with Crippen LogP contribution in [0.3, 0.4) is 0 Å². The minimum absolute atomic E-state index is 0.0420. The fourth-order valence-electron chi connectivity index (χ4n) is 3.74. The Hall–Kier alpha value is -2.18. The second-order valence-electron chi connectivity index (χ2n) is 7.13. The van der Waals surface area contributed by atoms with Crippen molar-refractivity contribution in [3.63, 3.8) is 0 Å². The number of aryl methyl sites for hydroxylation is 1. The largest absolute Gasteiger partial charge is 0.348 e. The lowest BCUT2D eigenvalue weighted by Gasteiger charge is -2.32. The van der Waals surface area contributed by atoms with Crippen LogP contribution >= 0.6 is 15.9 Å². The number of imidazole rings is 1. The highest BCUT2D eigenvalue weighted by molar-refractivity contribution is 9.10. The van der Waals surface area contributed by atoms with Crippen LogP contribution in [0.1, 0.15) is 34.6 Å². The first kappa shape index (κ1) is 18.2. The number of benzene rings is 1. The molecule has 3 aromatic rings. The Morgan fingerprint density at radius 3 is 2.67 bits per heavy atom. The summed E-state index contributed by atoms with van der Waals surface area (Å²) < 4.78 is 2.79. The molecule has 0 bridgehead atoms. The van der Waals surface area contributed by atoms with Crippen molar-refractivity contribution in [2.24, 2.45) is 0 Å².